The molecule has 1 aliphatic rings. The molecule has 0 bridgehead atoms. The van der Waals surface area contributed by atoms with Crippen LogP contribution in [0.3, 0.4) is 0 Å². The molecule has 1 aliphatic heterocycles. The summed E-state index contributed by atoms with van der Waals surface area (Å²) in [6.45, 7) is 2.91. The second-order valence-corrected chi connectivity index (χ2v) is 9.28. The van der Waals surface area contributed by atoms with Crippen molar-refractivity contribution in [2.45, 2.75) is 30.7 Å². The second kappa shape index (κ2) is 8.19. The van der Waals surface area contributed by atoms with Gasteiger partial charge in [0.05, 0.1) is 10.9 Å². The predicted octanol–water partition coefficient (Wildman–Crippen LogP) is 4.27. The van der Waals surface area contributed by atoms with Gasteiger partial charge >= 0.3 is 0 Å². The quantitative estimate of drug-likeness (QED) is 0.775. The monoisotopic (exact) mass is 426 g/mol. The molecule has 0 spiro atoms. The van der Waals surface area contributed by atoms with Gasteiger partial charge in [0.25, 0.3) is 5.91 Å². The summed E-state index contributed by atoms with van der Waals surface area (Å²) in [7, 11) is -3.49. The van der Waals surface area contributed by atoms with Crippen LogP contribution in [0.4, 0.5) is 0 Å². The van der Waals surface area contributed by atoms with E-state index in [2.05, 4.69) is 5.32 Å². The third-order valence-electron chi connectivity index (χ3n) is 4.60. The lowest BCUT2D eigenvalue weighted by Crippen LogP contribution is -2.28. The van der Waals surface area contributed by atoms with Crippen molar-refractivity contribution in [1.82, 2.24) is 9.62 Å². The Hall–Kier alpha value is -1.60. The predicted molar refractivity (Wildman–Crippen MR) is 107 cm³/mol. The zero-order chi connectivity index (χ0) is 19.6. The summed E-state index contributed by atoms with van der Waals surface area (Å²) >= 11 is 12.1. The van der Waals surface area contributed by atoms with E-state index in [4.69, 9.17) is 23.2 Å². The smallest absolute Gasteiger partial charge is 0.251 e. The molecule has 1 atom stereocenters. The maximum Gasteiger partial charge on any atom is 0.251 e. The molecule has 144 valence electrons. The number of sulfonamides is 1. The van der Waals surface area contributed by atoms with Crippen LogP contribution >= 0.6 is 23.2 Å². The van der Waals surface area contributed by atoms with Gasteiger partial charge in [-0.15, -0.1) is 0 Å². The molecule has 1 saturated heterocycles. The van der Waals surface area contributed by atoms with Crippen LogP contribution in [0.5, 0.6) is 0 Å². The van der Waals surface area contributed by atoms with Crippen molar-refractivity contribution in [3.63, 3.8) is 0 Å². The number of benzene rings is 2. The summed E-state index contributed by atoms with van der Waals surface area (Å²) < 4.78 is 26.6. The zero-order valence-electron chi connectivity index (χ0n) is 14.8. The molecule has 0 aliphatic carbocycles. The molecule has 0 unspecified atom stereocenters. The van der Waals surface area contributed by atoms with Gasteiger partial charge in [0.1, 0.15) is 0 Å². The molecule has 2 aromatic rings. The average Bonchev–Trinajstić information content (AvgIpc) is 3.17. The number of hydrogen-bond acceptors (Lipinski definition) is 3. The van der Waals surface area contributed by atoms with E-state index in [1.165, 1.54) is 28.6 Å². The Morgan fingerprint density at radius 2 is 1.70 bits per heavy atom. The van der Waals surface area contributed by atoms with Gasteiger partial charge in [-0.2, -0.15) is 4.31 Å². The Labute approximate surface area is 169 Å². The highest BCUT2D eigenvalue weighted by atomic mass is 35.5. The van der Waals surface area contributed by atoms with E-state index in [9.17, 15) is 13.2 Å². The Balaban J connectivity index is 1.72. The lowest BCUT2D eigenvalue weighted by molar-refractivity contribution is 0.0940. The average molecular weight is 427 g/mol. The minimum atomic E-state index is -3.49. The third kappa shape index (κ3) is 4.46. The second-order valence-electron chi connectivity index (χ2n) is 6.50. The zero-order valence-corrected chi connectivity index (χ0v) is 17.1. The molecular weight excluding hydrogens is 407 g/mol. The van der Waals surface area contributed by atoms with Crippen LogP contribution in [-0.2, 0) is 10.0 Å². The molecule has 0 saturated carbocycles. The fourth-order valence-electron chi connectivity index (χ4n) is 3.07. The maximum absolute atomic E-state index is 12.5. The maximum atomic E-state index is 12.5. The van der Waals surface area contributed by atoms with E-state index in [1.807, 2.05) is 6.92 Å². The molecule has 1 amide bonds. The number of hydrogen-bond donors (Lipinski definition) is 1. The van der Waals surface area contributed by atoms with Crippen molar-refractivity contribution in [3.05, 3.63) is 63.6 Å². The van der Waals surface area contributed by atoms with Crippen LogP contribution in [0.2, 0.25) is 10.0 Å². The molecule has 1 heterocycles. The fourth-order valence-corrected chi connectivity index (χ4v) is 5.16. The summed E-state index contributed by atoms with van der Waals surface area (Å²) in [6.07, 6.45) is 1.76. The van der Waals surface area contributed by atoms with Crippen molar-refractivity contribution in [1.29, 1.82) is 0 Å². The molecule has 8 heteroatoms. The van der Waals surface area contributed by atoms with Crippen molar-refractivity contribution in [2.75, 3.05) is 13.1 Å². The Morgan fingerprint density at radius 1 is 1.07 bits per heavy atom. The lowest BCUT2D eigenvalue weighted by Gasteiger charge is -2.17. The van der Waals surface area contributed by atoms with E-state index < -0.39 is 10.0 Å². The summed E-state index contributed by atoms with van der Waals surface area (Å²) in [6, 6.07) is 10.8. The van der Waals surface area contributed by atoms with Gasteiger partial charge in [-0.25, -0.2) is 8.42 Å². The van der Waals surface area contributed by atoms with Gasteiger partial charge in [-0.05, 0) is 61.7 Å². The highest BCUT2D eigenvalue weighted by molar-refractivity contribution is 7.89. The molecule has 1 N–H and O–H groups in total. The SMILES string of the molecule is C[C@H](NC(=O)c1ccc(S(=O)(=O)N2CCCC2)cc1)c1ccc(Cl)cc1Cl. The number of halogens is 2. The van der Waals surface area contributed by atoms with E-state index in [0.717, 1.165) is 18.4 Å². The van der Waals surface area contributed by atoms with Crippen LogP contribution in [0.1, 0.15) is 41.7 Å². The van der Waals surface area contributed by atoms with E-state index >= 15 is 0 Å². The number of carbonyl (C=O) groups excluding carboxylic acids is 1. The van der Waals surface area contributed by atoms with Gasteiger partial charge in [-0.1, -0.05) is 29.3 Å². The highest BCUT2D eigenvalue weighted by Gasteiger charge is 2.27. The summed E-state index contributed by atoms with van der Waals surface area (Å²) in [5, 5.41) is 3.86. The van der Waals surface area contributed by atoms with Crippen LogP contribution in [-0.4, -0.2) is 31.7 Å². The first-order valence-corrected chi connectivity index (χ1v) is 10.8. The van der Waals surface area contributed by atoms with Crippen molar-refractivity contribution >= 4 is 39.1 Å². The molecule has 0 radical (unpaired) electrons. The van der Waals surface area contributed by atoms with Gasteiger partial charge in [0.15, 0.2) is 0 Å². The summed E-state index contributed by atoms with van der Waals surface area (Å²) in [5.41, 5.74) is 1.13. The van der Waals surface area contributed by atoms with E-state index in [0.29, 0.717) is 28.7 Å². The van der Waals surface area contributed by atoms with Gasteiger partial charge in [0.2, 0.25) is 10.0 Å². The van der Waals surface area contributed by atoms with Crippen LogP contribution in [0.15, 0.2) is 47.4 Å². The number of amides is 1. The summed E-state index contributed by atoms with van der Waals surface area (Å²) in [5.74, 6) is -0.307. The van der Waals surface area contributed by atoms with Gasteiger partial charge in [-0.3, -0.25) is 4.79 Å². The molecule has 5 nitrogen and oxygen atoms in total. The molecular formula is C19H20Cl2N2O3S. The Kier molecular flexibility index (Phi) is 6.11. The van der Waals surface area contributed by atoms with Crippen molar-refractivity contribution in [2.24, 2.45) is 0 Å². The van der Waals surface area contributed by atoms with Gasteiger partial charge < -0.3 is 5.32 Å². The molecule has 0 aromatic heterocycles. The van der Waals surface area contributed by atoms with Crippen molar-refractivity contribution < 1.29 is 13.2 Å². The molecule has 3 rings (SSSR count). The van der Waals surface area contributed by atoms with E-state index in [1.54, 1.807) is 18.2 Å². The molecule has 2 aromatic carbocycles. The lowest BCUT2D eigenvalue weighted by atomic mass is 10.1. The highest BCUT2D eigenvalue weighted by Crippen LogP contribution is 2.26. The van der Waals surface area contributed by atoms with Gasteiger partial charge in [0, 0.05) is 28.7 Å². The Bertz CT molecular complexity index is 940. The minimum absolute atomic E-state index is 0.203. The first kappa shape index (κ1) is 20.1. The number of rotatable bonds is 5. The normalized spacial score (nSPS) is 16.3. The standard InChI is InChI=1S/C19H20Cl2N2O3S/c1-13(17-9-6-15(20)12-18(17)21)22-19(24)14-4-7-16(8-5-14)27(25,26)23-10-2-3-11-23/h4-9,12-13H,2-3,10-11H2,1H3,(H,22,24)/t13-/m0/s1. The van der Waals surface area contributed by atoms with Crippen LogP contribution in [0.25, 0.3) is 0 Å². The fraction of sp³-hybridized carbons (Fsp3) is 0.316. The topological polar surface area (TPSA) is 66.5 Å². The summed E-state index contributed by atoms with van der Waals surface area (Å²) in [4.78, 5) is 12.7. The number of nitrogens with zero attached hydrogens (tertiary/aromatic N) is 1. The Morgan fingerprint density at radius 3 is 2.30 bits per heavy atom. The van der Waals surface area contributed by atoms with Crippen molar-refractivity contribution in [3.8, 4) is 0 Å². The minimum Gasteiger partial charge on any atom is -0.345 e. The molecule has 1 fully saturated rings. The largest absolute Gasteiger partial charge is 0.345 e. The van der Waals surface area contributed by atoms with Crippen LogP contribution < -0.4 is 5.32 Å². The van der Waals surface area contributed by atoms with E-state index in [-0.39, 0.29) is 16.8 Å². The number of carbonyl (C=O) groups is 1. The number of nitrogens with one attached hydrogen (secondary N) is 1. The molecule has 27 heavy (non-hydrogen) atoms. The third-order valence-corrected chi connectivity index (χ3v) is 7.07. The first-order chi connectivity index (χ1) is 12.8. The first-order valence-electron chi connectivity index (χ1n) is 8.65. The van der Waals surface area contributed by atoms with Crippen LogP contribution in [0, 0.1) is 0 Å².